The third-order valence-corrected chi connectivity index (χ3v) is 1.87. The van der Waals surface area contributed by atoms with E-state index in [2.05, 4.69) is 35.0 Å². The Morgan fingerprint density at radius 2 is 1.80 bits per heavy atom. The Bertz CT molecular complexity index is 76.8. The van der Waals surface area contributed by atoms with Crippen LogP contribution >= 0.6 is 15.9 Å². The summed E-state index contributed by atoms with van der Waals surface area (Å²) < 4.78 is 0. The van der Waals surface area contributed by atoms with Crippen molar-refractivity contribution in [2.45, 2.75) is 39.0 Å². The van der Waals surface area contributed by atoms with Gasteiger partial charge in [-0.05, 0) is 19.3 Å². The first-order chi connectivity index (χ1) is 4.91. The molecule has 0 saturated carbocycles. The third-order valence-electron chi connectivity index (χ3n) is 1.42. The average molecular weight is 205 g/mol. The number of alkyl halides is 1. The lowest BCUT2D eigenvalue weighted by atomic mass is 10.2. The topological polar surface area (TPSA) is 0 Å². The van der Waals surface area contributed by atoms with E-state index in [1.807, 2.05) is 0 Å². The molecule has 0 bridgehead atoms. The first-order valence-electron chi connectivity index (χ1n) is 4.12. The minimum atomic E-state index is 1.09. The van der Waals surface area contributed by atoms with E-state index in [0.717, 1.165) is 5.33 Å². The Labute approximate surface area is 72.8 Å². The van der Waals surface area contributed by atoms with Crippen LogP contribution in [0.5, 0.6) is 0 Å². The normalized spacial score (nSPS) is 11.0. The summed E-state index contributed by atoms with van der Waals surface area (Å²) in [5.74, 6) is 0. The number of unbranched alkanes of at least 4 members (excludes halogenated alkanes) is 3. The molecule has 0 aromatic carbocycles. The van der Waals surface area contributed by atoms with E-state index >= 15 is 0 Å². The molecule has 10 heavy (non-hydrogen) atoms. The van der Waals surface area contributed by atoms with E-state index in [1.165, 1.54) is 32.1 Å². The molecule has 0 nitrogen and oxygen atoms in total. The molecule has 0 spiro atoms. The fourth-order valence-electron chi connectivity index (χ4n) is 0.811. The lowest BCUT2D eigenvalue weighted by Crippen LogP contribution is -1.71. The summed E-state index contributed by atoms with van der Waals surface area (Å²) in [6.45, 7) is 2.24. The van der Waals surface area contributed by atoms with Crippen molar-refractivity contribution in [3.8, 4) is 0 Å². The van der Waals surface area contributed by atoms with Crippen LogP contribution in [-0.2, 0) is 0 Å². The summed E-state index contributed by atoms with van der Waals surface area (Å²) in [7, 11) is 0. The maximum atomic E-state index is 3.38. The van der Waals surface area contributed by atoms with Crippen LogP contribution in [0.25, 0.3) is 0 Å². The fraction of sp³-hybridized carbons (Fsp3) is 0.778. The van der Waals surface area contributed by atoms with E-state index < -0.39 is 0 Å². The summed E-state index contributed by atoms with van der Waals surface area (Å²) >= 11 is 3.38. The Morgan fingerprint density at radius 3 is 2.40 bits per heavy atom. The molecule has 0 N–H and O–H groups in total. The van der Waals surface area contributed by atoms with Crippen LogP contribution in [0.2, 0.25) is 0 Å². The Hall–Kier alpha value is 0.220. The van der Waals surface area contributed by atoms with Crippen molar-refractivity contribution in [3.05, 3.63) is 12.2 Å². The molecule has 0 aromatic rings. The highest BCUT2D eigenvalue weighted by molar-refractivity contribution is 9.09. The molecule has 0 fully saturated rings. The minimum Gasteiger partial charge on any atom is -0.0925 e. The van der Waals surface area contributed by atoms with Crippen molar-refractivity contribution >= 4 is 15.9 Å². The molecule has 60 valence electrons. The lowest BCUT2D eigenvalue weighted by molar-refractivity contribution is 0.728. The number of allylic oxidation sites excluding steroid dienone is 2. The molecule has 1 heteroatoms. The molecule has 0 aliphatic heterocycles. The Kier molecular flexibility index (Phi) is 9.42. The van der Waals surface area contributed by atoms with Gasteiger partial charge in [-0.15, -0.1) is 0 Å². The van der Waals surface area contributed by atoms with E-state index in [4.69, 9.17) is 0 Å². The van der Waals surface area contributed by atoms with E-state index in [-0.39, 0.29) is 0 Å². The van der Waals surface area contributed by atoms with Crippen molar-refractivity contribution in [1.29, 1.82) is 0 Å². The van der Waals surface area contributed by atoms with Crippen LogP contribution < -0.4 is 0 Å². The van der Waals surface area contributed by atoms with Crippen molar-refractivity contribution in [2.24, 2.45) is 0 Å². The second-order valence-electron chi connectivity index (χ2n) is 2.44. The predicted octanol–water partition coefficient (Wildman–Crippen LogP) is 3.91. The highest BCUT2D eigenvalue weighted by atomic mass is 79.9. The van der Waals surface area contributed by atoms with Crippen LogP contribution in [0.1, 0.15) is 39.0 Å². The first-order valence-corrected chi connectivity index (χ1v) is 5.25. The average Bonchev–Trinajstić information content (AvgIpc) is 1.97. The number of hydrogen-bond acceptors (Lipinski definition) is 0. The Morgan fingerprint density at radius 1 is 1.10 bits per heavy atom. The molecular formula is C9H17Br. The number of hydrogen-bond donors (Lipinski definition) is 0. The highest BCUT2D eigenvalue weighted by Gasteiger charge is 1.80. The third kappa shape index (κ3) is 8.22. The standard InChI is InChI=1S/C9H17Br/c1-2-3-4-5-6-7-8-9-10/h6-7H,2-5,8-9H2,1H3. The molecule has 0 unspecified atom stereocenters. The molecule has 0 radical (unpaired) electrons. The quantitative estimate of drug-likeness (QED) is 0.350. The second kappa shape index (κ2) is 9.22. The first kappa shape index (κ1) is 10.2. The zero-order valence-electron chi connectivity index (χ0n) is 6.78. The molecule has 0 aliphatic carbocycles. The van der Waals surface area contributed by atoms with Gasteiger partial charge in [0.25, 0.3) is 0 Å². The maximum absolute atomic E-state index is 3.38. The van der Waals surface area contributed by atoms with Gasteiger partial charge in [0, 0.05) is 5.33 Å². The lowest BCUT2D eigenvalue weighted by Gasteiger charge is -1.90. The summed E-state index contributed by atoms with van der Waals surface area (Å²) in [4.78, 5) is 0. The van der Waals surface area contributed by atoms with Crippen LogP contribution in [-0.4, -0.2) is 5.33 Å². The van der Waals surface area contributed by atoms with Gasteiger partial charge in [0.05, 0.1) is 0 Å². The molecular weight excluding hydrogens is 188 g/mol. The second-order valence-corrected chi connectivity index (χ2v) is 3.24. The molecule has 0 heterocycles. The highest BCUT2D eigenvalue weighted by Crippen LogP contribution is 2.00. The summed E-state index contributed by atoms with van der Waals surface area (Å²) in [6.07, 6.45) is 11.0. The van der Waals surface area contributed by atoms with Gasteiger partial charge < -0.3 is 0 Å². The van der Waals surface area contributed by atoms with Crippen LogP contribution in [0, 0.1) is 0 Å². The van der Waals surface area contributed by atoms with Gasteiger partial charge in [-0.2, -0.15) is 0 Å². The number of rotatable bonds is 6. The monoisotopic (exact) mass is 204 g/mol. The summed E-state index contributed by atoms with van der Waals surface area (Å²) in [6, 6.07) is 0. The molecule has 0 rings (SSSR count). The molecule has 0 aromatic heterocycles. The Balaban J connectivity index is 2.88. The molecule has 0 atom stereocenters. The van der Waals surface area contributed by atoms with E-state index in [1.54, 1.807) is 0 Å². The van der Waals surface area contributed by atoms with Crippen LogP contribution in [0.3, 0.4) is 0 Å². The summed E-state index contributed by atoms with van der Waals surface area (Å²) in [5.41, 5.74) is 0. The van der Waals surface area contributed by atoms with Gasteiger partial charge >= 0.3 is 0 Å². The van der Waals surface area contributed by atoms with Gasteiger partial charge in [-0.1, -0.05) is 47.8 Å². The maximum Gasteiger partial charge on any atom is 0.00659 e. The van der Waals surface area contributed by atoms with Crippen molar-refractivity contribution in [1.82, 2.24) is 0 Å². The zero-order chi connectivity index (χ0) is 7.66. The zero-order valence-corrected chi connectivity index (χ0v) is 8.36. The van der Waals surface area contributed by atoms with E-state index in [9.17, 15) is 0 Å². The fourth-order valence-corrected chi connectivity index (χ4v) is 1.08. The van der Waals surface area contributed by atoms with Gasteiger partial charge in [0.15, 0.2) is 0 Å². The predicted molar refractivity (Wildman–Crippen MR) is 51.7 cm³/mol. The van der Waals surface area contributed by atoms with Gasteiger partial charge in [-0.3, -0.25) is 0 Å². The molecule has 0 aliphatic rings. The van der Waals surface area contributed by atoms with Gasteiger partial charge in [0.2, 0.25) is 0 Å². The van der Waals surface area contributed by atoms with E-state index in [0.29, 0.717) is 0 Å². The SMILES string of the molecule is CCCCCC=CCCBr. The minimum absolute atomic E-state index is 1.09. The number of halogens is 1. The van der Waals surface area contributed by atoms with Crippen LogP contribution in [0.4, 0.5) is 0 Å². The smallest absolute Gasteiger partial charge is 0.00659 e. The summed E-state index contributed by atoms with van der Waals surface area (Å²) in [5, 5.41) is 1.09. The largest absolute Gasteiger partial charge is 0.0925 e. The van der Waals surface area contributed by atoms with Gasteiger partial charge in [0.1, 0.15) is 0 Å². The van der Waals surface area contributed by atoms with Crippen molar-refractivity contribution < 1.29 is 0 Å². The molecule has 0 saturated heterocycles. The van der Waals surface area contributed by atoms with Crippen molar-refractivity contribution in [2.75, 3.05) is 5.33 Å². The van der Waals surface area contributed by atoms with Crippen molar-refractivity contribution in [3.63, 3.8) is 0 Å². The van der Waals surface area contributed by atoms with Crippen LogP contribution in [0.15, 0.2) is 12.2 Å². The van der Waals surface area contributed by atoms with Gasteiger partial charge in [-0.25, -0.2) is 0 Å². The molecule has 0 amide bonds.